The van der Waals surface area contributed by atoms with Crippen LogP contribution in [0.2, 0.25) is 5.02 Å². The average Bonchev–Trinajstić information content (AvgIpc) is 2.24. The monoisotopic (exact) mass is 254 g/mol. The van der Waals surface area contributed by atoms with Gasteiger partial charge in [-0.25, -0.2) is 0 Å². The smallest absolute Gasteiger partial charge is 0.248 e. The van der Waals surface area contributed by atoms with Gasteiger partial charge in [0, 0.05) is 42.7 Å². The van der Waals surface area contributed by atoms with Crippen LogP contribution < -0.4 is 5.73 Å². The molecule has 0 spiro atoms. The summed E-state index contributed by atoms with van der Waals surface area (Å²) in [6, 6.07) is 5.12. The third kappa shape index (κ3) is 2.77. The van der Waals surface area contributed by atoms with Gasteiger partial charge < -0.3 is 10.8 Å². The number of carbonyl (C=O) groups excluding carboxylic acids is 1. The highest BCUT2D eigenvalue weighted by molar-refractivity contribution is 6.31. The van der Waals surface area contributed by atoms with Crippen molar-refractivity contribution in [2.24, 2.45) is 11.7 Å². The van der Waals surface area contributed by atoms with Crippen LogP contribution in [0.25, 0.3) is 0 Å². The minimum atomic E-state index is -0.470. The molecule has 0 aliphatic carbocycles. The molecule has 5 heteroatoms. The molecule has 0 aromatic heterocycles. The lowest BCUT2D eigenvalue weighted by Crippen LogP contribution is -2.47. The Morgan fingerprint density at radius 1 is 1.53 bits per heavy atom. The predicted molar refractivity (Wildman–Crippen MR) is 65.8 cm³/mol. The Kier molecular flexibility index (Phi) is 3.66. The van der Waals surface area contributed by atoms with E-state index in [9.17, 15) is 4.79 Å². The second-order valence-electron chi connectivity index (χ2n) is 4.41. The van der Waals surface area contributed by atoms with Crippen LogP contribution in [0.5, 0.6) is 0 Å². The predicted octanol–water partition coefficient (Wildman–Crippen LogP) is 0.863. The fourth-order valence-electron chi connectivity index (χ4n) is 1.99. The molecule has 1 fully saturated rings. The summed E-state index contributed by atoms with van der Waals surface area (Å²) in [4.78, 5) is 13.2. The first-order chi connectivity index (χ1) is 8.10. The van der Waals surface area contributed by atoms with Crippen molar-refractivity contribution in [2.45, 2.75) is 6.54 Å². The highest BCUT2D eigenvalue weighted by atomic mass is 35.5. The fourth-order valence-corrected chi connectivity index (χ4v) is 2.23. The summed E-state index contributed by atoms with van der Waals surface area (Å²) in [5, 5.41) is 9.48. The van der Waals surface area contributed by atoms with Gasteiger partial charge in [0.05, 0.1) is 0 Å². The molecule has 0 atom stereocenters. The lowest BCUT2D eigenvalue weighted by Gasteiger charge is -2.38. The maximum atomic E-state index is 11.0. The second-order valence-corrected chi connectivity index (χ2v) is 4.82. The minimum Gasteiger partial charge on any atom is -0.396 e. The Hall–Kier alpha value is -1.10. The van der Waals surface area contributed by atoms with E-state index in [1.807, 2.05) is 6.07 Å². The van der Waals surface area contributed by atoms with Gasteiger partial charge in [-0.3, -0.25) is 9.69 Å². The molecule has 0 saturated carbocycles. The Morgan fingerprint density at radius 2 is 2.24 bits per heavy atom. The summed E-state index contributed by atoms with van der Waals surface area (Å²) in [7, 11) is 0. The third-order valence-corrected chi connectivity index (χ3v) is 3.37. The number of primary amides is 1. The maximum Gasteiger partial charge on any atom is 0.248 e. The number of benzene rings is 1. The molecule has 3 N–H and O–H groups in total. The first-order valence-electron chi connectivity index (χ1n) is 5.51. The van der Waals surface area contributed by atoms with Gasteiger partial charge in [-0.2, -0.15) is 0 Å². The molecule has 2 rings (SSSR count). The Labute approximate surface area is 105 Å². The SMILES string of the molecule is NC(=O)c1ccc(CN2CC(CO)C2)c(Cl)c1. The van der Waals surface area contributed by atoms with Gasteiger partial charge in [0.1, 0.15) is 0 Å². The number of likely N-dealkylation sites (tertiary alicyclic amines) is 1. The van der Waals surface area contributed by atoms with E-state index in [1.165, 1.54) is 0 Å². The van der Waals surface area contributed by atoms with Crippen molar-refractivity contribution in [3.05, 3.63) is 34.3 Å². The zero-order chi connectivity index (χ0) is 12.4. The third-order valence-electron chi connectivity index (χ3n) is 3.02. The van der Waals surface area contributed by atoms with Crippen LogP contribution in [0.3, 0.4) is 0 Å². The topological polar surface area (TPSA) is 66.6 Å². The standard InChI is InChI=1S/C12H15ClN2O2/c13-11-3-9(12(14)17)1-2-10(11)6-15-4-8(5-15)7-16/h1-3,8,16H,4-7H2,(H2,14,17). The van der Waals surface area contributed by atoms with E-state index in [2.05, 4.69) is 4.90 Å². The van der Waals surface area contributed by atoms with E-state index >= 15 is 0 Å². The number of amides is 1. The molecule has 17 heavy (non-hydrogen) atoms. The zero-order valence-corrected chi connectivity index (χ0v) is 10.2. The Morgan fingerprint density at radius 3 is 2.76 bits per heavy atom. The van der Waals surface area contributed by atoms with Gasteiger partial charge in [0.15, 0.2) is 0 Å². The van der Waals surface area contributed by atoms with Crippen molar-refractivity contribution in [2.75, 3.05) is 19.7 Å². The summed E-state index contributed by atoms with van der Waals surface area (Å²) in [5.74, 6) is -0.0820. The first-order valence-corrected chi connectivity index (χ1v) is 5.89. The number of halogens is 1. The molecule has 1 aliphatic heterocycles. The van der Waals surface area contributed by atoms with Crippen molar-refractivity contribution >= 4 is 17.5 Å². The van der Waals surface area contributed by atoms with Gasteiger partial charge >= 0.3 is 0 Å². The molecule has 1 aliphatic rings. The molecule has 1 heterocycles. The molecule has 1 aromatic rings. The van der Waals surface area contributed by atoms with Crippen molar-refractivity contribution in [3.8, 4) is 0 Å². The van der Waals surface area contributed by atoms with E-state index in [0.717, 1.165) is 25.2 Å². The second kappa shape index (κ2) is 5.04. The highest BCUT2D eigenvalue weighted by Gasteiger charge is 2.26. The summed E-state index contributed by atoms with van der Waals surface area (Å²) >= 11 is 6.09. The number of nitrogens with two attached hydrogens (primary N) is 1. The number of rotatable bonds is 4. The van der Waals surface area contributed by atoms with Crippen LogP contribution in [-0.2, 0) is 6.54 Å². The molecular formula is C12H15ClN2O2. The Bertz CT molecular complexity index is 431. The summed E-state index contributed by atoms with van der Waals surface area (Å²) in [6.45, 7) is 2.77. The molecule has 1 amide bonds. The average molecular weight is 255 g/mol. The van der Waals surface area contributed by atoms with Crippen LogP contribution >= 0.6 is 11.6 Å². The van der Waals surface area contributed by atoms with Crippen molar-refractivity contribution in [3.63, 3.8) is 0 Å². The van der Waals surface area contributed by atoms with Crippen LogP contribution in [0.15, 0.2) is 18.2 Å². The maximum absolute atomic E-state index is 11.0. The molecule has 1 saturated heterocycles. The van der Waals surface area contributed by atoms with Gasteiger partial charge in [-0.15, -0.1) is 0 Å². The van der Waals surface area contributed by atoms with Gasteiger partial charge in [-0.05, 0) is 17.7 Å². The van der Waals surface area contributed by atoms with Crippen molar-refractivity contribution < 1.29 is 9.90 Å². The fraction of sp³-hybridized carbons (Fsp3) is 0.417. The molecule has 4 nitrogen and oxygen atoms in total. The molecule has 0 radical (unpaired) electrons. The largest absolute Gasteiger partial charge is 0.396 e. The van der Waals surface area contributed by atoms with Gasteiger partial charge in [-0.1, -0.05) is 17.7 Å². The first kappa shape index (κ1) is 12.4. The number of hydrogen-bond acceptors (Lipinski definition) is 3. The Balaban J connectivity index is 2.00. The minimum absolute atomic E-state index is 0.241. The molecule has 0 unspecified atom stereocenters. The molecular weight excluding hydrogens is 240 g/mol. The lowest BCUT2D eigenvalue weighted by molar-refractivity contribution is 0.0479. The number of carbonyl (C=O) groups is 1. The summed E-state index contributed by atoms with van der Waals surface area (Å²) < 4.78 is 0. The van der Waals surface area contributed by atoms with E-state index in [0.29, 0.717) is 16.5 Å². The number of aliphatic hydroxyl groups is 1. The van der Waals surface area contributed by atoms with Crippen LogP contribution in [0.4, 0.5) is 0 Å². The van der Waals surface area contributed by atoms with E-state index in [4.69, 9.17) is 22.4 Å². The van der Waals surface area contributed by atoms with Crippen LogP contribution in [-0.4, -0.2) is 35.6 Å². The quantitative estimate of drug-likeness (QED) is 0.838. The molecule has 1 aromatic carbocycles. The number of aliphatic hydroxyl groups excluding tert-OH is 1. The van der Waals surface area contributed by atoms with Crippen LogP contribution in [0, 0.1) is 5.92 Å². The highest BCUT2D eigenvalue weighted by Crippen LogP contribution is 2.23. The van der Waals surface area contributed by atoms with Crippen molar-refractivity contribution in [1.82, 2.24) is 4.90 Å². The molecule has 92 valence electrons. The lowest BCUT2D eigenvalue weighted by atomic mass is 10.00. The summed E-state index contributed by atoms with van der Waals surface area (Å²) in [5.41, 5.74) is 6.58. The van der Waals surface area contributed by atoms with Crippen LogP contribution in [0.1, 0.15) is 15.9 Å². The van der Waals surface area contributed by atoms with E-state index in [-0.39, 0.29) is 6.61 Å². The molecule has 0 bridgehead atoms. The number of hydrogen-bond donors (Lipinski definition) is 2. The summed E-state index contributed by atoms with van der Waals surface area (Å²) in [6.07, 6.45) is 0. The van der Waals surface area contributed by atoms with Gasteiger partial charge in [0.2, 0.25) is 5.91 Å². The van der Waals surface area contributed by atoms with Crippen molar-refractivity contribution in [1.29, 1.82) is 0 Å². The number of nitrogens with zero attached hydrogens (tertiary/aromatic N) is 1. The zero-order valence-electron chi connectivity index (χ0n) is 9.40. The van der Waals surface area contributed by atoms with E-state index < -0.39 is 5.91 Å². The normalized spacial score (nSPS) is 16.8. The van der Waals surface area contributed by atoms with E-state index in [1.54, 1.807) is 12.1 Å². The van der Waals surface area contributed by atoms with Gasteiger partial charge in [0.25, 0.3) is 0 Å².